The Morgan fingerprint density at radius 3 is 2.18 bits per heavy atom. The summed E-state index contributed by atoms with van der Waals surface area (Å²) in [6.45, 7) is 0. The molecule has 3 amide bonds. The number of anilines is 3. The van der Waals surface area contributed by atoms with Crippen LogP contribution in [0.2, 0.25) is 15.1 Å². The molecule has 3 aromatic rings. The molecule has 9 nitrogen and oxygen atoms in total. The fourth-order valence-electron chi connectivity index (χ4n) is 3.52. The molecule has 1 heterocycles. The van der Waals surface area contributed by atoms with Crippen LogP contribution in [0.4, 0.5) is 17.1 Å². The molecule has 38 heavy (non-hydrogen) atoms. The molecule has 0 fully saturated rings. The maximum absolute atomic E-state index is 13.0. The van der Waals surface area contributed by atoms with E-state index in [9.17, 15) is 24.3 Å². The standard InChI is InChI=1S/C25H15Cl4N3O6/c1-38-19-10-17(15(27)9-14(19)25(36)37)31-22(33)11-2-5-13(6-3-11)30-21-20(29)23(34)32(24(21)35)18-7-4-12(26)8-16(18)28/h2-10,30H,1H3,(H,31,33)(H,36,37). The van der Waals surface area contributed by atoms with Crippen molar-refractivity contribution in [2.75, 3.05) is 22.6 Å². The Bertz CT molecular complexity index is 1540. The highest BCUT2D eigenvalue weighted by Gasteiger charge is 2.39. The summed E-state index contributed by atoms with van der Waals surface area (Å²) in [5.74, 6) is -3.25. The van der Waals surface area contributed by atoms with Gasteiger partial charge in [0.2, 0.25) is 0 Å². The van der Waals surface area contributed by atoms with E-state index in [2.05, 4.69) is 10.6 Å². The summed E-state index contributed by atoms with van der Waals surface area (Å²) in [6, 6.07) is 12.7. The van der Waals surface area contributed by atoms with Gasteiger partial charge in [0.25, 0.3) is 17.7 Å². The van der Waals surface area contributed by atoms with Crippen LogP contribution in [0, 0.1) is 0 Å². The van der Waals surface area contributed by atoms with Gasteiger partial charge in [0.1, 0.15) is 22.0 Å². The van der Waals surface area contributed by atoms with Gasteiger partial charge in [-0.15, -0.1) is 0 Å². The van der Waals surface area contributed by atoms with Crippen LogP contribution in [0.3, 0.4) is 0 Å². The van der Waals surface area contributed by atoms with Crippen LogP contribution < -0.4 is 20.3 Å². The van der Waals surface area contributed by atoms with Gasteiger partial charge in [0.15, 0.2) is 0 Å². The number of amides is 3. The molecule has 0 radical (unpaired) electrons. The Hall–Kier alpha value is -3.76. The molecule has 0 bridgehead atoms. The van der Waals surface area contributed by atoms with E-state index in [0.717, 1.165) is 4.90 Å². The molecule has 1 aliphatic heterocycles. The van der Waals surface area contributed by atoms with Crippen LogP contribution in [0.1, 0.15) is 20.7 Å². The van der Waals surface area contributed by atoms with Gasteiger partial charge in [0.05, 0.1) is 28.5 Å². The lowest BCUT2D eigenvalue weighted by atomic mass is 10.1. The second-order valence-corrected chi connectivity index (χ2v) is 9.35. The fraction of sp³-hybridized carbons (Fsp3) is 0.0400. The number of aromatic carboxylic acids is 1. The van der Waals surface area contributed by atoms with Gasteiger partial charge in [-0.25, -0.2) is 9.69 Å². The van der Waals surface area contributed by atoms with Gasteiger partial charge in [-0.05, 0) is 48.5 Å². The molecule has 3 N–H and O–H groups in total. The highest BCUT2D eigenvalue weighted by molar-refractivity contribution is 6.54. The Balaban J connectivity index is 1.50. The number of nitrogens with zero attached hydrogens (tertiary/aromatic N) is 1. The SMILES string of the molecule is COc1cc(NC(=O)c2ccc(NC3=C(Cl)C(=O)N(c4ccc(Cl)cc4Cl)C3=O)cc2)c(Cl)cc1C(=O)O. The maximum atomic E-state index is 13.0. The monoisotopic (exact) mass is 593 g/mol. The largest absolute Gasteiger partial charge is 0.496 e. The molecule has 194 valence electrons. The lowest BCUT2D eigenvalue weighted by Crippen LogP contribution is -2.32. The van der Waals surface area contributed by atoms with Crippen molar-refractivity contribution in [2.45, 2.75) is 0 Å². The smallest absolute Gasteiger partial charge is 0.339 e. The lowest BCUT2D eigenvalue weighted by Gasteiger charge is -2.16. The Morgan fingerprint density at radius 2 is 1.58 bits per heavy atom. The number of imide groups is 1. The van der Waals surface area contributed by atoms with Gasteiger partial charge < -0.3 is 20.5 Å². The minimum absolute atomic E-state index is 0.00572. The normalized spacial score (nSPS) is 13.1. The van der Waals surface area contributed by atoms with Crippen LogP contribution >= 0.6 is 46.4 Å². The molecule has 4 rings (SSSR count). The first-order valence-electron chi connectivity index (χ1n) is 10.5. The average molecular weight is 595 g/mol. The molecule has 0 spiro atoms. The average Bonchev–Trinajstić information content (AvgIpc) is 3.08. The van der Waals surface area contributed by atoms with Crippen molar-refractivity contribution in [3.8, 4) is 5.75 Å². The van der Waals surface area contributed by atoms with E-state index in [1.165, 1.54) is 61.7 Å². The van der Waals surface area contributed by atoms with Crippen molar-refractivity contribution in [1.29, 1.82) is 0 Å². The van der Waals surface area contributed by atoms with Crippen molar-refractivity contribution < 1.29 is 29.0 Å². The molecule has 0 saturated heterocycles. The minimum atomic E-state index is -1.23. The van der Waals surface area contributed by atoms with Crippen molar-refractivity contribution in [1.82, 2.24) is 0 Å². The summed E-state index contributed by atoms with van der Waals surface area (Å²) < 4.78 is 5.06. The Kier molecular flexibility index (Phi) is 7.84. The summed E-state index contributed by atoms with van der Waals surface area (Å²) in [7, 11) is 1.29. The van der Waals surface area contributed by atoms with Crippen LogP contribution in [-0.4, -0.2) is 35.9 Å². The van der Waals surface area contributed by atoms with Gasteiger partial charge in [-0.2, -0.15) is 0 Å². The molecule has 1 aliphatic rings. The van der Waals surface area contributed by atoms with Crippen LogP contribution in [0.5, 0.6) is 5.75 Å². The summed E-state index contributed by atoms with van der Waals surface area (Å²) in [5.41, 5.74) is 0.531. The van der Waals surface area contributed by atoms with Gasteiger partial charge >= 0.3 is 5.97 Å². The predicted molar refractivity (Wildman–Crippen MR) is 145 cm³/mol. The van der Waals surface area contributed by atoms with Crippen molar-refractivity contribution in [3.05, 3.63) is 91.5 Å². The van der Waals surface area contributed by atoms with Crippen LogP contribution in [-0.2, 0) is 9.59 Å². The number of methoxy groups -OCH3 is 1. The number of benzene rings is 3. The van der Waals surface area contributed by atoms with E-state index < -0.39 is 23.7 Å². The van der Waals surface area contributed by atoms with Gasteiger partial charge in [0, 0.05) is 22.3 Å². The number of carbonyl (C=O) groups excluding carboxylic acids is 3. The van der Waals surface area contributed by atoms with Crippen molar-refractivity contribution >= 4 is 87.2 Å². The number of nitrogens with one attached hydrogen (secondary N) is 2. The summed E-state index contributed by atoms with van der Waals surface area (Å²) in [5, 5.41) is 14.7. The third-order valence-electron chi connectivity index (χ3n) is 5.36. The lowest BCUT2D eigenvalue weighted by molar-refractivity contribution is -0.120. The number of halogens is 4. The third-order valence-corrected chi connectivity index (χ3v) is 6.56. The molecular formula is C25H15Cl4N3O6. The topological polar surface area (TPSA) is 125 Å². The molecule has 13 heteroatoms. The Morgan fingerprint density at radius 1 is 0.895 bits per heavy atom. The quantitative estimate of drug-likeness (QED) is 0.285. The second kappa shape index (κ2) is 10.9. The molecule has 0 aliphatic carbocycles. The summed E-state index contributed by atoms with van der Waals surface area (Å²) in [4.78, 5) is 50.6. The highest BCUT2D eigenvalue weighted by atomic mass is 35.5. The van der Waals surface area contributed by atoms with Gasteiger partial charge in [-0.3, -0.25) is 14.4 Å². The maximum Gasteiger partial charge on any atom is 0.339 e. The zero-order valence-corrected chi connectivity index (χ0v) is 22.2. The molecule has 0 aromatic heterocycles. The van der Waals surface area contributed by atoms with Crippen molar-refractivity contribution in [3.63, 3.8) is 0 Å². The zero-order chi connectivity index (χ0) is 27.7. The van der Waals surface area contributed by atoms with E-state index in [1.807, 2.05) is 0 Å². The molecule has 3 aromatic carbocycles. The highest BCUT2D eigenvalue weighted by Crippen LogP contribution is 2.36. The number of hydrogen-bond acceptors (Lipinski definition) is 6. The van der Waals surface area contributed by atoms with E-state index in [0.29, 0.717) is 10.7 Å². The van der Waals surface area contributed by atoms with Crippen LogP contribution in [0.15, 0.2) is 65.3 Å². The first-order valence-corrected chi connectivity index (χ1v) is 12.1. The Labute approximate surface area is 235 Å². The van der Waals surface area contributed by atoms with Crippen molar-refractivity contribution in [2.24, 2.45) is 0 Å². The molecule has 0 atom stereocenters. The first kappa shape index (κ1) is 27.3. The molecule has 0 saturated carbocycles. The number of hydrogen-bond donors (Lipinski definition) is 3. The van der Waals surface area contributed by atoms with E-state index in [1.54, 1.807) is 0 Å². The zero-order valence-electron chi connectivity index (χ0n) is 19.1. The molecular weight excluding hydrogens is 580 g/mol. The van der Waals surface area contributed by atoms with E-state index in [4.69, 9.17) is 51.1 Å². The number of carboxylic acid groups (broad SMARTS) is 1. The van der Waals surface area contributed by atoms with E-state index >= 15 is 0 Å². The molecule has 0 unspecified atom stereocenters. The number of carboxylic acids is 1. The second-order valence-electron chi connectivity index (χ2n) is 7.72. The van der Waals surface area contributed by atoms with Gasteiger partial charge in [-0.1, -0.05) is 46.4 Å². The predicted octanol–water partition coefficient (Wildman–Crippen LogP) is 6.04. The van der Waals surface area contributed by atoms with E-state index in [-0.39, 0.29) is 49.0 Å². The summed E-state index contributed by atoms with van der Waals surface area (Å²) in [6.07, 6.45) is 0. The number of ether oxygens (including phenoxy) is 1. The first-order chi connectivity index (χ1) is 18.0. The number of rotatable bonds is 7. The fourth-order valence-corrected chi connectivity index (χ4v) is 4.44. The summed E-state index contributed by atoms with van der Waals surface area (Å²) >= 11 is 24.3. The van der Waals surface area contributed by atoms with Crippen LogP contribution in [0.25, 0.3) is 0 Å². The number of carbonyl (C=O) groups is 4. The minimum Gasteiger partial charge on any atom is -0.496 e. The third kappa shape index (κ3) is 5.27.